The van der Waals surface area contributed by atoms with E-state index in [2.05, 4.69) is 22.9 Å². The van der Waals surface area contributed by atoms with E-state index in [4.69, 9.17) is 0 Å². The summed E-state index contributed by atoms with van der Waals surface area (Å²) in [5.74, 6) is 0.665. The smallest absolute Gasteiger partial charge is 0.234 e. The second kappa shape index (κ2) is 10.7. The molecule has 7 heteroatoms. The maximum absolute atomic E-state index is 12.3. The molecule has 0 aliphatic carbocycles. The van der Waals surface area contributed by atoms with E-state index in [0.717, 1.165) is 30.8 Å². The molecule has 1 aromatic carbocycles. The fraction of sp³-hybridized carbons (Fsp3) is 0.556. The maximum Gasteiger partial charge on any atom is 0.234 e. The lowest BCUT2D eigenvalue weighted by Crippen LogP contribution is -2.51. The van der Waals surface area contributed by atoms with Crippen molar-refractivity contribution in [1.82, 2.24) is 10.6 Å². The van der Waals surface area contributed by atoms with Crippen LogP contribution in [0.1, 0.15) is 25.8 Å². The number of thioether (sulfide) groups is 1. The third-order valence-electron chi connectivity index (χ3n) is 4.32. The normalized spacial score (nSPS) is 20.9. The summed E-state index contributed by atoms with van der Waals surface area (Å²) in [6, 6.07) is 7.85. The molecule has 1 fully saturated rings. The fourth-order valence-electron chi connectivity index (χ4n) is 2.59. The average molecular weight is 386 g/mol. The van der Waals surface area contributed by atoms with E-state index < -0.39 is 0 Å². The number of carbonyl (C=O) groups is 2. The largest absolute Gasteiger partial charge is 0.351 e. The van der Waals surface area contributed by atoms with E-state index in [-0.39, 0.29) is 41.3 Å². The van der Waals surface area contributed by atoms with Gasteiger partial charge in [-0.1, -0.05) is 24.6 Å². The molecule has 1 aliphatic rings. The van der Waals surface area contributed by atoms with E-state index in [1.807, 2.05) is 38.1 Å². The van der Waals surface area contributed by atoms with Gasteiger partial charge in [0.2, 0.25) is 11.8 Å². The van der Waals surface area contributed by atoms with Crippen LogP contribution in [0.3, 0.4) is 0 Å². The number of anilines is 1. The Labute approximate surface area is 160 Å². The van der Waals surface area contributed by atoms with Crippen LogP contribution >= 0.6 is 24.2 Å². The highest BCUT2D eigenvalue weighted by atomic mass is 35.5. The molecule has 1 aliphatic heterocycles. The van der Waals surface area contributed by atoms with Crippen molar-refractivity contribution in [2.24, 2.45) is 5.92 Å². The van der Waals surface area contributed by atoms with Gasteiger partial charge in [0.25, 0.3) is 0 Å². The molecule has 2 rings (SSSR count). The van der Waals surface area contributed by atoms with Crippen LogP contribution < -0.4 is 16.0 Å². The van der Waals surface area contributed by atoms with Gasteiger partial charge in [0.05, 0.1) is 11.0 Å². The van der Waals surface area contributed by atoms with Gasteiger partial charge in [-0.3, -0.25) is 9.59 Å². The summed E-state index contributed by atoms with van der Waals surface area (Å²) in [6.07, 6.45) is 1.07. The number of amides is 2. The maximum atomic E-state index is 12.3. The Morgan fingerprint density at radius 2 is 2.00 bits per heavy atom. The van der Waals surface area contributed by atoms with E-state index >= 15 is 0 Å². The SMILES string of the molecule is Cc1ccc(NC(=O)CSC(C)C(=O)NC2CNCCC2C)cc1.Cl. The number of carbonyl (C=O) groups excluding carboxylic acids is 2. The Bertz CT molecular complexity index is 568. The van der Waals surface area contributed by atoms with E-state index in [1.165, 1.54) is 11.8 Å². The molecule has 3 atom stereocenters. The molecule has 3 unspecified atom stereocenters. The Kier molecular flexibility index (Phi) is 9.32. The molecule has 1 saturated heterocycles. The van der Waals surface area contributed by atoms with Crippen molar-refractivity contribution >= 4 is 41.7 Å². The quantitative estimate of drug-likeness (QED) is 0.704. The van der Waals surface area contributed by atoms with Crippen LogP contribution in [0.5, 0.6) is 0 Å². The fourth-order valence-corrected chi connectivity index (χ4v) is 3.29. The van der Waals surface area contributed by atoms with E-state index in [9.17, 15) is 9.59 Å². The van der Waals surface area contributed by atoms with Gasteiger partial charge in [-0.2, -0.15) is 0 Å². The van der Waals surface area contributed by atoms with Crippen LogP contribution in [-0.2, 0) is 9.59 Å². The first kappa shape index (κ1) is 21.8. The van der Waals surface area contributed by atoms with Gasteiger partial charge in [0.1, 0.15) is 0 Å². The average Bonchev–Trinajstić information content (AvgIpc) is 2.56. The van der Waals surface area contributed by atoms with Gasteiger partial charge >= 0.3 is 0 Å². The van der Waals surface area contributed by atoms with Crippen LogP contribution in [0.15, 0.2) is 24.3 Å². The molecule has 0 spiro atoms. The summed E-state index contributed by atoms with van der Waals surface area (Å²) in [5.41, 5.74) is 1.93. The molecule has 140 valence electrons. The molecule has 0 aromatic heterocycles. The highest BCUT2D eigenvalue weighted by molar-refractivity contribution is 8.01. The molecular weight excluding hydrogens is 358 g/mol. The van der Waals surface area contributed by atoms with Crippen LogP contribution in [0.2, 0.25) is 0 Å². The Morgan fingerprint density at radius 1 is 1.32 bits per heavy atom. The zero-order valence-corrected chi connectivity index (χ0v) is 16.6. The summed E-state index contributed by atoms with van der Waals surface area (Å²) in [7, 11) is 0. The first-order valence-electron chi connectivity index (χ1n) is 8.45. The van der Waals surface area contributed by atoms with Crippen molar-refractivity contribution in [1.29, 1.82) is 0 Å². The van der Waals surface area contributed by atoms with Gasteiger partial charge in [-0.25, -0.2) is 0 Å². The van der Waals surface area contributed by atoms with Crippen molar-refractivity contribution in [3.8, 4) is 0 Å². The molecule has 2 amide bonds. The molecule has 0 bridgehead atoms. The Morgan fingerprint density at radius 3 is 2.64 bits per heavy atom. The zero-order chi connectivity index (χ0) is 17.5. The van der Waals surface area contributed by atoms with Gasteiger partial charge in [0.15, 0.2) is 0 Å². The number of rotatable bonds is 6. The Hall–Kier alpha value is -1.24. The molecule has 1 heterocycles. The summed E-state index contributed by atoms with van der Waals surface area (Å²) < 4.78 is 0. The third kappa shape index (κ3) is 7.26. The lowest BCUT2D eigenvalue weighted by atomic mass is 9.95. The minimum atomic E-state index is -0.247. The number of piperidine rings is 1. The third-order valence-corrected chi connectivity index (χ3v) is 5.47. The van der Waals surface area contributed by atoms with Crippen molar-refractivity contribution in [3.63, 3.8) is 0 Å². The minimum absolute atomic E-state index is 0. The second-order valence-corrected chi connectivity index (χ2v) is 7.78. The zero-order valence-electron chi connectivity index (χ0n) is 15.0. The summed E-state index contributed by atoms with van der Waals surface area (Å²) in [4.78, 5) is 24.3. The number of hydrogen-bond acceptors (Lipinski definition) is 4. The number of halogens is 1. The van der Waals surface area contributed by atoms with Crippen LogP contribution in [-0.4, -0.2) is 41.9 Å². The van der Waals surface area contributed by atoms with Gasteiger partial charge in [0, 0.05) is 18.3 Å². The predicted octanol–water partition coefficient (Wildman–Crippen LogP) is 2.59. The first-order valence-corrected chi connectivity index (χ1v) is 9.50. The molecule has 1 aromatic rings. The summed E-state index contributed by atoms with van der Waals surface area (Å²) in [5, 5.41) is 9.00. The van der Waals surface area contributed by atoms with Crippen molar-refractivity contribution < 1.29 is 9.59 Å². The number of benzene rings is 1. The van der Waals surface area contributed by atoms with Gasteiger partial charge in [-0.05, 0) is 44.9 Å². The monoisotopic (exact) mass is 385 g/mol. The van der Waals surface area contributed by atoms with E-state index in [0.29, 0.717) is 5.92 Å². The Balaban J connectivity index is 0.00000312. The minimum Gasteiger partial charge on any atom is -0.351 e. The lowest BCUT2D eigenvalue weighted by Gasteiger charge is -2.31. The van der Waals surface area contributed by atoms with Crippen LogP contribution in [0.25, 0.3) is 0 Å². The van der Waals surface area contributed by atoms with Gasteiger partial charge in [-0.15, -0.1) is 24.2 Å². The van der Waals surface area contributed by atoms with Gasteiger partial charge < -0.3 is 16.0 Å². The number of hydrogen-bond donors (Lipinski definition) is 3. The summed E-state index contributed by atoms with van der Waals surface area (Å²) in [6.45, 7) is 7.85. The second-order valence-electron chi connectivity index (χ2n) is 6.45. The molecule has 5 nitrogen and oxygen atoms in total. The van der Waals surface area contributed by atoms with Crippen LogP contribution in [0, 0.1) is 12.8 Å². The molecule has 0 saturated carbocycles. The number of nitrogens with one attached hydrogen (secondary N) is 3. The van der Waals surface area contributed by atoms with Crippen molar-refractivity contribution in [3.05, 3.63) is 29.8 Å². The standard InChI is InChI=1S/C18H27N3O2S.ClH/c1-12-4-6-15(7-5-12)20-17(22)11-24-14(3)18(23)21-16-10-19-9-8-13(16)2;/h4-7,13-14,16,19H,8-11H2,1-3H3,(H,20,22)(H,21,23);1H. The van der Waals surface area contributed by atoms with Crippen molar-refractivity contribution in [2.45, 2.75) is 38.5 Å². The first-order chi connectivity index (χ1) is 11.5. The lowest BCUT2D eigenvalue weighted by molar-refractivity contribution is -0.121. The highest BCUT2D eigenvalue weighted by Gasteiger charge is 2.25. The highest BCUT2D eigenvalue weighted by Crippen LogP contribution is 2.15. The van der Waals surface area contributed by atoms with E-state index in [1.54, 1.807) is 0 Å². The molecule has 3 N–H and O–H groups in total. The van der Waals surface area contributed by atoms with Crippen LogP contribution in [0.4, 0.5) is 5.69 Å². The molecule has 0 radical (unpaired) electrons. The van der Waals surface area contributed by atoms with Crippen molar-refractivity contribution in [2.75, 3.05) is 24.2 Å². The molecule has 25 heavy (non-hydrogen) atoms. The number of aryl methyl sites for hydroxylation is 1. The molecular formula is C18H28ClN3O2S. The summed E-state index contributed by atoms with van der Waals surface area (Å²) >= 11 is 1.36. The predicted molar refractivity (Wildman–Crippen MR) is 108 cm³/mol. The topological polar surface area (TPSA) is 70.2 Å².